The van der Waals surface area contributed by atoms with E-state index < -0.39 is 0 Å². The van der Waals surface area contributed by atoms with Gasteiger partial charge in [0.1, 0.15) is 5.52 Å². The fourth-order valence-corrected chi connectivity index (χ4v) is 2.49. The van der Waals surface area contributed by atoms with E-state index in [0.717, 1.165) is 5.52 Å². The van der Waals surface area contributed by atoms with Gasteiger partial charge in [0.15, 0.2) is 11.5 Å². The molecule has 0 saturated heterocycles. The van der Waals surface area contributed by atoms with Crippen molar-refractivity contribution in [2.75, 3.05) is 5.32 Å². The molecule has 1 aromatic carbocycles. The molecule has 0 aliphatic rings. The molecule has 1 N–H and O–H groups in total. The van der Waals surface area contributed by atoms with Gasteiger partial charge >= 0.3 is 0 Å². The number of fused-ring (bicyclic) bond motifs is 1. The summed E-state index contributed by atoms with van der Waals surface area (Å²) in [5.74, 6) is 0.844. The van der Waals surface area contributed by atoms with Gasteiger partial charge in [-0.05, 0) is 23.6 Å². The molecule has 0 bridgehead atoms. The van der Waals surface area contributed by atoms with Crippen LogP contribution in [0.4, 0.5) is 5.69 Å². The van der Waals surface area contributed by atoms with Crippen molar-refractivity contribution >= 4 is 34.0 Å². The molecule has 0 saturated carbocycles. The molecule has 0 aliphatic heterocycles. The Morgan fingerprint density at radius 1 is 1.35 bits per heavy atom. The molecule has 0 spiro atoms. The minimum absolute atomic E-state index is 0.108. The number of hydrogen-bond acceptors (Lipinski definition) is 4. The van der Waals surface area contributed by atoms with E-state index in [2.05, 4.69) is 10.3 Å². The summed E-state index contributed by atoms with van der Waals surface area (Å²) in [5.41, 5.74) is 2.21. The Bertz CT molecular complexity index is 744. The average molecular weight is 286 g/mol. The molecule has 102 valence electrons. The Kier molecular flexibility index (Phi) is 3.28. The highest BCUT2D eigenvalue weighted by atomic mass is 32.1. The number of thiophene rings is 1. The van der Waals surface area contributed by atoms with Crippen LogP contribution in [0.1, 0.15) is 35.3 Å². The van der Waals surface area contributed by atoms with E-state index in [1.807, 2.05) is 37.4 Å². The zero-order chi connectivity index (χ0) is 14.1. The summed E-state index contributed by atoms with van der Waals surface area (Å²) in [6, 6.07) is 9.15. The van der Waals surface area contributed by atoms with Crippen molar-refractivity contribution in [3.8, 4) is 0 Å². The SMILES string of the molecule is CC(C)c1nc2ccc(NC(=O)c3cccs3)cc2o1. The number of aromatic nitrogens is 1. The van der Waals surface area contributed by atoms with Crippen molar-refractivity contribution in [3.05, 3.63) is 46.5 Å². The van der Waals surface area contributed by atoms with Gasteiger partial charge in [0.2, 0.25) is 0 Å². The first-order valence-electron chi connectivity index (χ1n) is 6.39. The molecule has 4 nitrogen and oxygen atoms in total. The summed E-state index contributed by atoms with van der Waals surface area (Å²) in [4.78, 5) is 17.1. The molecular formula is C15H14N2O2S. The highest BCUT2D eigenvalue weighted by Crippen LogP contribution is 2.24. The first-order chi connectivity index (χ1) is 9.63. The molecule has 3 rings (SSSR count). The van der Waals surface area contributed by atoms with Gasteiger partial charge in [0.05, 0.1) is 4.88 Å². The van der Waals surface area contributed by atoms with Crippen LogP contribution in [0.15, 0.2) is 40.1 Å². The van der Waals surface area contributed by atoms with Gasteiger partial charge in [-0.15, -0.1) is 11.3 Å². The van der Waals surface area contributed by atoms with Gasteiger partial charge in [-0.25, -0.2) is 4.98 Å². The van der Waals surface area contributed by atoms with Crippen LogP contribution in [0.3, 0.4) is 0 Å². The highest BCUT2D eigenvalue weighted by Gasteiger charge is 2.11. The number of anilines is 1. The van der Waals surface area contributed by atoms with Crippen LogP contribution in [0.2, 0.25) is 0 Å². The molecular weight excluding hydrogens is 272 g/mol. The van der Waals surface area contributed by atoms with Gasteiger partial charge < -0.3 is 9.73 Å². The molecule has 0 aliphatic carbocycles. The van der Waals surface area contributed by atoms with E-state index in [-0.39, 0.29) is 11.8 Å². The summed E-state index contributed by atoms with van der Waals surface area (Å²) in [6.07, 6.45) is 0. The van der Waals surface area contributed by atoms with E-state index in [9.17, 15) is 4.79 Å². The average Bonchev–Trinajstić information content (AvgIpc) is 3.07. The smallest absolute Gasteiger partial charge is 0.265 e. The molecule has 0 radical (unpaired) electrons. The number of nitrogens with one attached hydrogen (secondary N) is 1. The second kappa shape index (κ2) is 5.09. The minimum atomic E-state index is -0.108. The Hall–Kier alpha value is -2.14. The van der Waals surface area contributed by atoms with Crippen LogP contribution in [0, 0.1) is 0 Å². The number of amides is 1. The maximum Gasteiger partial charge on any atom is 0.265 e. The van der Waals surface area contributed by atoms with Gasteiger partial charge in [-0.2, -0.15) is 0 Å². The Morgan fingerprint density at radius 3 is 2.90 bits per heavy atom. The fourth-order valence-electron chi connectivity index (χ4n) is 1.87. The second-order valence-corrected chi connectivity index (χ2v) is 5.77. The zero-order valence-electron chi connectivity index (χ0n) is 11.2. The quantitative estimate of drug-likeness (QED) is 0.782. The van der Waals surface area contributed by atoms with Crippen LogP contribution >= 0.6 is 11.3 Å². The van der Waals surface area contributed by atoms with Crippen LogP contribution in [-0.2, 0) is 0 Å². The largest absolute Gasteiger partial charge is 0.440 e. The lowest BCUT2D eigenvalue weighted by Gasteiger charge is -2.02. The van der Waals surface area contributed by atoms with E-state index in [1.54, 1.807) is 12.1 Å². The van der Waals surface area contributed by atoms with E-state index in [4.69, 9.17) is 4.42 Å². The van der Waals surface area contributed by atoms with Crippen LogP contribution in [0.25, 0.3) is 11.1 Å². The second-order valence-electron chi connectivity index (χ2n) is 4.82. The first kappa shape index (κ1) is 12.9. The maximum atomic E-state index is 12.0. The van der Waals surface area contributed by atoms with Crippen LogP contribution in [-0.4, -0.2) is 10.9 Å². The lowest BCUT2D eigenvalue weighted by Crippen LogP contribution is -2.09. The standard InChI is InChI=1S/C15H14N2O2S/c1-9(2)15-17-11-6-5-10(8-12(11)19-15)16-14(18)13-4-3-7-20-13/h3-9H,1-2H3,(H,16,18). The normalized spacial score (nSPS) is 11.2. The van der Waals surface area contributed by atoms with Crippen LogP contribution < -0.4 is 5.32 Å². The number of carbonyl (C=O) groups excluding carboxylic acids is 1. The summed E-state index contributed by atoms with van der Waals surface area (Å²) in [7, 11) is 0. The third-order valence-corrected chi connectivity index (χ3v) is 3.77. The zero-order valence-corrected chi connectivity index (χ0v) is 12.0. The molecule has 2 heterocycles. The van der Waals surface area contributed by atoms with Crippen molar-refractivity contribution in [2.24, 2.45) is 0 Å². The Labute approximate surface area is 120 Å². The Morgan fingerprint density at radius 2 is 2.20 bits per heavy atom. The number of carbonyl (C=O) groups is 1. The Balaban J connectivity index is 1.87. The van der Waals surface area contributed by atoms with Crippen molar-refractivity contribution < 1.29 is 9.21 Å². The van der Waals surface area contributed by atoms with Crippen molar-refractivity contribution in [3.63, 3.8) is 0 Å². The third-order valence-electron chi connectivity index (χ3n) is 2.90. The minimum Gasteiger partial charge on any atom is -0.440 e. The maximum absolute atomic E-state index is 12.0. The van der Waals surface area contributed by atoms with Crippen molar-refractivity contribution in [1.29, 1.82) is 0 Å². The van der Waals surface area contributed by atoms with Crippen molar-refractivity contribution in [1.82, 2.24) is 4.98 Å². The first-order valence-corrected chi connectivity index (χ1v) is 7.27. The molecule has 0 fully saturated rings. The molecule has 0 unspecified atom stereocenters. The molecule has 5 heteroatoms. The van der Waals surface area contributed by atoms with Crippen LogP contribution in [0.5, 0.6) is 0 Å². The number of oxazole rings is 1. The van der Waals surface area contributed by atoms with E-state index in [0.29, 0.717) is 22.0 Å². The predicted molar refractivity (Wildman–Crippen MR) is 80.4 cm³/mol. The molecule has 0 atom stereocenters. The number of nitrogens with zero attached hydrogens (tertiary/aromatic N) is 1. The molecule has 20 heavy (non-hydrogen) atoms. The number of benzene rings is 1. The topological polar surface area (TPSA) is 55.1 Å². The summed E-state index contributed by atoms with van der Waals surface area (Å²) < 4.78 is 5.68. The van der Waals surface area contributed by atoms with E-state index in [1.165, 1.54) is 11.3 Å². The monoisotopic (exact) mass is 286 g/mol. The molecule has 3 aromatic rings. The van der Waals surface area contributed by atoms with E-state index >= 15 is 0 Å². The molecule has 2 aromatic heterocycles. The highest BCUT2D eigenvalue weighted by molar-refractivity contribution is 7.12. The predicted octanol–water partition coefficient (Wildman–Crippen LogP) is 4.27. The van der Waals surface area contributed by atoms with Crippen molar-refractivity contribution in [2.45, 2.75) is 19.8 Å². The lowest BCUT2D eigenvalue weighted by molar-refractivity contribution is 0.103. The number of hydrogen-bond donors (Lipinski definition) is 1. The van der Waals surface area contributed by atoms with Gasteiger partial charge in [0.25, 0.3) is 5.91 Å². The lowest BCUT2D eigenvalue weighted by atomic mass is 10.2. The summed E-state index contributed by atoms with van der Waals surface area (Å²) in [6.45, 7) is 4.06. The van der Waals surface area contributed by atoms with Gasteiger partial charge in [0, 0.05) is 17.7 Å². The fraction of sp³-hybridized carbons (Fsp3) is 0.200. The van der Waals surface area contributed by atoms with Gasteiger partial charge in [-0.3, -0.25) is 4.79 Å². The molecule has 1 amide bonds. The third kappa shape index (κ3) is 2.44. The summed E-state index contributed by atoms with van der Waals surface area (Å²) in [5, 5.41) is 4.74. The van der Waals surface area contributed by atoms with Gasteiger partial charge in [-0.1, -0.05) is 19.9 Å². The summed E-state index contributed by atoms with van der Waals surface area (Å²) >= 11 is 1.41. The number of rotatable bonds is 3.